The van der Waals surface area contributed by atoms with Crippen molar-refractivity contribution in [1.29, 1.82) is 5.26 Å². The van der Waals surface area contributed by atoms with Gasteiger partial charge >= 0.3 is 0 Å². The number of aromatic nitrogens is 1. The molecule has 3 N–H and O–H groups in total. The van der Waals surface area contributed by atoms with E-state index >= 15 is 0 Å². The van der Waals surface area contributed by atoms with Gasteiger partial charge < -0.3 is 11.1 Å². The van der Waals surface area contributed by atoms with Crippen molar-refractivity contribution in [2.75, 3.05) is 11.1 Å². The van der Waals surface area contributed by atoms with Crippen LogP contribution in [0, 0.1) is 11.3 Å². The van der Waals surface area contributed by atoms with Gasteiger partial charge in [0, 0.05) is 18.9 Å². The van der Waals surface area contributed by atoms with E-state index in [0.29, 0.717) is 17.8 Å². The maximum Gasteiger partial charge on any atom is 0.0992 e. The number of nitrogens with zero attached hydrogens (tertiary/aromatic N) is 2. The van der Waals surface area contributed by atoms with Crippen LogP contribution in [0.15, 0.2) is 42.7 Å². The predicted molar refractivity (Wildman–Crippen MR) is 67.1 cm³/mol. The minimum atomic E-state index is 0.564. The van der Waals surface area contributed by atoms with Crippen LogP contribution in [0.1, 0.15) is 11.1 Å². The van der Waals surface area contributed by atoms with Crippen molar-refractivity contribution < 1.29 is 0 Å². The smallest absolute Gasteiger partial charge is 0.0992 e. The summed E-state index contributed by atoms with van der Waals surface area (Å²) < 4.78 is 0. The average Bonchev–Trinajstić information content (AvgIpc) is 2.38. The molecule has 84 valence electrons. The summed E-state index contributed by atoms with van der Waals surface area (Å²) in [6.45, 7) is 0.657. The van der Waals surface area contributed by atoms with E-state index in [2.05, 4.69) is 16.4 Å². The maximum atomic E-state index is 8.73. The predicted octanol–water partition coefficient (Wildman–Crippen LogP) is 2.15. The lowest BCUT2D eigenvalue weighted by atomic mass is 10.2. The Balaban J connectivity index is 2.08. The van der Waals surface area contributed by atoms with Gasteiger partial charge in [0.1, 0.15) is 0 Å². The highest BCUT2D eigenvalue weighted by Gasteiger charge is 2.00. The van der Waals surface area contributed by atoms with Gasteiger partial charge in [0.05, 0.1) is 23.0 Å². The van der Waals surface area contributed by atoms with Crippen molar-refractivity contribution in [1.82, 2.24) is 4.98 Å². The Morgan fingerprint density at radius 3 is 2.88 bits per heavy atom. The summed E-state index contributed by atoms with van der Waals surface area (Å²) in [5, 5.41) is 11.9. The number of nitrogens with two attached hydrogens (primary N) is 1. The number of hydrogen-bond acceptors (Lipinski definition) is 4. The van der Waals surface area contributed by atoms with Crippen LogP contribution >= 0.6 is 0 Å². The minimum Gasteiger partial charge on any atom is -0.397 e. The van der Waals surface area contributed by atoms with Crippen LogP contribution in [-0.4, -0.2) is 4.98 Å². The molecule has 2 rings (SSSR count). The summed E-state index contributed by atoms with van der Waals surface area (Å²) in [7, 11) is 0. The topological polar surface area (TPSA) is 74.7 Å². The average molecular weight is 224 g/mol. The second-order valence-corrected chi connectivity index (χ2v) is 3.63. The van der Waals surface area contributed by atoms with Crippen molar-refractivity contribution in [3.63, 3.8) is 0 Å². The fourth-order valence-corrected chi connectivity index (χ4v) is 1.49. The van der Waals surface area contributed by atoms with Crippen molar-refractivity contribution >= 4 is 11.4 Å². The number of nitrogen functional groups attached to an aromatic ring is 1. The van der Waals surface area contributed by atoms with E-state index < -0.39 is 0 Å². The molecular weight excluding hydrogens is 212 g/mol. The molecule has 0 bridgehead atoms. The van der Waals surface area contributed by atoms with Crippen LogP contribution in [-0.2, 0) is 6.54 Å². The Morgan fingerprint density at radius 1 is 1.35 bits per heavy atom. The van der Waals surface area contributed by atoms with E-state index in [4.69, 9.17) is 11.0 Å². The molecular formula is C13H12N4. The van der Waals surface area contributed by atoms with Gasteiger partial charge in [-0.3, -0.25) is 4.98 Å². The monoisotopic (exact) mass is 224 g/mol. The lowest BCUT2D eigenvalue weighted by molar-refractivity contribution is 1.11. The Bertz CT molecular complexity index is 543. The normalized spacial score (nSPS) is 9.59. The molecule has 0 radical (unpaired) electrons. The number of rotatable bonds is 3. The van der Waals surface area contributed by atoms with Crippen LogP contribution in [0.4, 0.5) is 11.4 Å². The number of hydrogen-bond donors (Lipinski definition) is 2. The summed E-state index contributed by atoms with van der Waals surface area (Å²) in [4.78, 5) is 4.03. The molecule has 2 aromatic rings. The third-order valence-electron chi connectivity index (χ3n) is 2.39. The maximum absolute atomic E-state index is 8.73. The zero-order valence-corrected chi connectivity index (χ0v) is 9.22. The van der Waals surface area contributed by atoms with E-state index in [-0.39, 0.29) is 0 Å². The number of pyridine rings is 1. The molecule has 0 saturated heterocycles. The van der Waals surface area contributed by atoms with Gasteiger partial charge in [0.25, 0.3) is 0 Å². The van der Waals surface area contributed by atoms with Crippen LogP contribution in [0.25, 0.3) is 0 Å². The van der Waals surface area contributed by atoms with E-state index in [1.54, 1.807) is 24.5 Å². The molecule has 0 unspecified atom stereocenters. The number of nitrogens with one attached hydrogen (secondary N) is 1. The summed E-state index contributed by atoms with van der Waals surface area (Å²) in [5.41, 5.74) is 8.88. The molecule has 17 heavy (non-hydrogen) atoms. The molecule has 4 heteroatoms. The van der Waals surface area contributed by atoms with Crippen molar-refractivity contribution in [2.24, 2.45) is 0 Å². The molecule has 0 aliphatic heterocycles. The third-order valence-corrected chi connectivity index (χ3v) is 2.39. The minimum absolute atomic E-state index is 0.564. The molecule has 0 amide bonds. The SMILES string of the molecule is N#Cc1ccc(NCc2cccnc2)c(N)c1. The Morgan fingerprint density at radius 2 is 2.24 bits per heavy atom. The highest BCUT2D eigenvalue weighted by Crippen LogP contribution is 2.20. The van der Waals surface area contributed by atoms with Gasteiger partial charge in [-0.25, -0.2) is 0 Å². The standard InChI is InChI=1S/C13H12N4/c14-7-10-3-4-13(12(15)6-10)17-9-11-2-1-5-16-8-11/h1-6,8,17H,9,15H2. The molecule has 0 spiro atoms. The highest BCUT2D eigenvalue weighted by atomic mass is 14.9. The van der Waals surface area contributed by atoms with Crippen LogP contribution in [0.2, 0.25) is 0 Å². The van der Waals surface area contributed by atoms with Crippen LogP contribution < -0.4 is 11.1 Å². The summed E-state index contributed by atoms with van der Waals surface area (Å²) >= 11 is 0. The van der Waals surface area contributed by atoms with Gasteiger partial charge in [0.2, 0.25) is 0 Å². The van der Waals surface area contributed by atoms with Crippen molar-refractivity contribution in [3.05, 3.63) is 53.9 Å². The summed E-state index contributed by atoms with van der Waals surface area (Å²) in [6.07, 6.45) is 3.53. The first-order valence-corrected chi connectivity index (χ1v) is 5.22. The number of anilines is 2. The first-order chi connectivity index (χ1) is 8.29. The molecule has 4 nitrogen and oxygen atoms in total. The highest BCUT2D eigenvalue weighted by molar-refractivity contribution is 5.68. The third kappa shape index (κ3) is 2.73. The molecule has 0 atom stereocenters. The lowest BCUT2D eigenvalue weighted by Gasteiger charge is -2.09. The largest absolute Gasteiger partial charge is 0.397 e. The molecule has 0 aliphatic carbocycles. The van der Waals surface area contributed by atoms with Gasteiger partial charge in [-0.05, 0) is 29.8 Å². The van der Waals surface area contributed by atoms with E-state index in [0.717, 1.165) is 11.3 Å². The first-order valence-electron chi connectivity index (χ1n) is 5.22. The Labute approximate surface area is 99.7 Å². The second kappa shape index (κ2) is 4.99. The molecule has 0 saturated carbocycles. The zero-order chi connectivity index (χ0) is 12.1. The van der Waals surface area contributed by atoms with Gasteiger partial charge in [-0.1, -0.05) is 6.07 Å². The molecule has 1 heterocycles. The Kier molecular flexibility index (Phi) is 3.22. The second-order valence-electron chi connectivity index (χ2n) is 3.63. The van der Waals surface area contributed by atoms with Gasteiger partial charge in [0.15, 0.2) is 0 Å². The van der Waals surface area contributed by atoms with Gasteiger partial charge in [-0.15, -0.1) is 0 Å². The number of nitriles is 1. The molecule has 1 aromatic heterocycles. The van der Waals surface area contributed by atoms with Crippen LogP contribution in [0.5, 0.6) is 0 Å². The Hall–Kier alpha value is -2.54. The quantitative estimate of drug-likeness (QED) is 0.783. The fourth-order valence-electron chi connectivity index (χ4n) is 1.49. The molecule has 0 fully saturated rings. The van der Waals surface area contributed by atoms with Crippen LogP contribution in [0.3, 0.4) is 0 Å². The van der Waals surface area contributed by atoms with E-state index in [1.807, 2.05) is 18.2 Å². The lowest BCUT2D eigenvalue weighted by Crippen LogP contribution is -2.02. The van der Waals surface area contributed by atoms with E-state index in [9.17, 15) is 0 Å². The van der Waals surface area contributed by atoms with E-state index in [1.165, 1.54) is 0 Å². The zero-order valence-electron chi connectivity index (χ0n) is 9.22. The summed E-state index contributed by atoms with van der Waals surface area (Å²) in [6, 6.07) is 11.1. The molecule has 1 aromatic carbocycles. The first kappa shape index (κ1) is 11.0. The fraction of sp³-hybridized carbons (Fsp3) is 0.0769. The van der Waals surface area contributed by atoms with Crippen molar-refractivity contribution in [2.45, 2.75) is 6.54 Å². The molecule has 0 aliphatic rings. The van der Waals surface area contributed by atoms with Gasteiger partial charge in [-0.2, -0.15) is 5.26 Å². The van der Waals surface area contributed by atoms with Crippen molar-refractivity contribution in [3.8, 4) is 6.07 Å². The summed E-state index contributed by atoms with van der Waals surface area (Å²) in [5.74, 6) is 0. The number of benzene rings is 1.